The molecule has 1 amide bonds. The van der Waals surface area contributed by atoms with Crippen molar-refractivity contribution in [3.05, 3.63) is 53.2 Å². The number of amides is 1. The molecule has 1 saturated heterocycles. The number of ether oxygens (including phenoxy) is 1. The van der Waals surface area contributed by atoms with Crippen molar-refractivity contribution < 1.29 is 23.4 Å². The number of hydrogen-bond donors (Lipinski definition) is 1. The number of aliphatic hydroxyl groups excluding tert-OH is 1. The maximum atomic E-state index is 13.5. The van der Waals surface area contributed by atoms with E-state index >= 15 is 0 Å². The van der Waals surface area contributed by atoms with Crippen LogP contribution in [-0.2, 0) is 0 Å². The molecule has 1 aromatic heterocycles. The standard InChI is InChI=1S/C16H15F2N3O3/c1-24-15-5-4-13(19-20-15)16(23)21-8-10(22)7-14(21)9-2-3-11(17)12(18)6-9/h2-6,10,14,22H,7-8H2,1H3/t10-,14-/m1/s1. The van der Waals surface area contributed by atoms with E-state index in [2.05, 4.69) is 10.2 Å². The zero-order valence-electron chi connectivity index (χ0n) is 12.8. The first-order valence-electron chi connectivity index (χ1n) is 7.31. The topological polar surface area (TPSA) is 75.5 Å². The van der Waals surface area contributed by atoms with E-state index in [1.807, 2.05) is 0 Å². The van der Waals surface area contributed by atoms with Gasteiger partial charge in [0, 0.05) is 12.6 Å². The molecule has 3 rings (SSSR count). The number of rotatable bonds is 3. The molecule has 6 nitrogen and oxygen atoms in total. The number of hydrogen-bond acceptors (Lipinski definition) is 5. The molecule has 2 heterocycles. The number of halogens is 2. The number of methoxy groups -OCH3 is 1. The van der Waals surface area contributed by atoms with Crippen molar-refractivity contribution in [3.8, 4) is 5.88 Å². The molecule has 0 aliphatic carbocycles. The molecular weight excluding hydrogens is 320 g/mol. The van der Waals surface area contributed by atoms with Crippen LogP contribution in [0.4, 0.5) is 8.78 Å². The van der Waals surface area contributed by atoms with Crippen LogP contribution < -0.4 is 4.74 Å². The van der Waals surface area contributed by atoms with E-state index < -0.39 is 29.7 Å². The first-order chi connectivity index (χ1) is 11.5. The van der Waals surface area contributed by atoms with E-state index in [-0.39, 0.29) is 24.5 Å². The van der Waals surface area contributed by atoms with Crippen LogP contribution in [0.25, 0.3) is 0 Å². The van der Waals surface area contributed by atoms with Crippen molar-refractivity contribution in [2.75, 3.05) is 13.7 Å². The van der Waals surface area contributed by atoms with E-state index in [1.54, 1.807) is 0 Å². The van der Waals surface area contributed by atoms with Gasteiger partial charge in [-0.2, -0.15) is 0 Å². The predicted molar refractivity (Wildman–Crippen MR) is 79.3 cm³/mol. The molecule has 1 fully saturated rings. The molecule has 126 valence electrons. The highest BCUT2D eigenvalue weighted by atomic mass is 19.2. The van der Waals surface area contributed by atoms with Crippen LogP contribution in [0.1, 0.15) is 28.5 Å². The second-order valence-corrected chi connectivity index (χ2v) is 5.50. The maximum absolute atomic E-state index is 13.5. The zero-order chi connectivity index (χ0) is 17.3. The zero-order valence-corrected chi connectivity index (χ0v) is 12.8. The molecule has 0 saturated carbocycles. The molecule has 1 aliphatic rings. The Labute approximate surface area is 136 Å². The summed E-state index contributed by atoms with van der Waals surface area (Å²) in [7, 11) is 1.43. The van der Waals surface area contributed by atoms with Crippen molar-refractivity contribution >= 4 is 5.91 Å². The van der Waals surface area contributed by atoms with Crippen LogP contribution in [0.3, 0.4) is 0 Å². The SMILES string of the molecule is COc1ccc(C(=O)N2C[C@H](O)C[C@@H]2c2ccc(F)c(F)c2)nn1. The highest BCUT2D eigenvalue weighted by Gasteiger charge is 2.36. The number of aromatic nitrogens is 2. The van der Waals surface area contributed by atoms with Gasteiger partial charge in [0.15, 0.2) is 17.3 Å². The van der Waals surface area contributed by atoms with Gasteiger partial charge in [-0.3, -0.25) is 4.79 Å². The minimum atomic E-state index is -0.995. The van der Waals surface area contributed by atoms with Crippen LogP contribution in [0, 0.1) is 11.6 Å². The Morgan fingerprint density at radius 2 is 2.04 bits per heavy atom. The Balaban J connectivity index is 1.88. The Kier molecular flexibility index (Phi) is 4.39. The lowest BCUT2D eigenvalue weighted by molar-refractivity contribution is 0.0708. The Morgan fingerprint density at radius 3 is 2.67 bits per heavy atom. The fourth-order valence-electron chi connectivity index (χ4n) is 2.76. The van der Waals surface area contributed by atoms with E-state index in [0.29, 0.717) is 5.56 Å². The minimum absolute atomic E-state index is 0.0796. The Bertz CT molecular complexity index is 755. The minimum Gasteiger partial charge on any atom is -0.480 e. The summed E-state index contributed by atoms with van der Waals surface area (Å²) in [5, 5.41) is 17.5. The highest BCUT2D eigenvalue weighted by molar-refractivity contribution is 5.92. The monoisotopic (exact) mass is 335 g/mol. The van der Waals surface area contributed by atoms with Crippen LogP contribution >= 0.6 is 0 Å². The molecular formula is C16H15F2N3O3. The van der Waals surface area contributed by atoms with E-state index in [4.69, 9.17) is 4.74 Å². The molecule has 1 aliphatic heterocycles. The second kappa shape index (κ2) is 6.48. The van der Waals surface area contributed by atoms with Crippen LogP contribution in [0.2, 0.25) is 0 Å². The van der Waals surface area contributed by atoms with Crippen molar-refractivity contribution in [1.82, 2.24) is 15.1 Å². The molecule has 1 aromatic carbocycles. The molecule has 0 bridgehead atoms. The van der Waals surface area contributed by atoms with Gasteiger partial charge in [0.25, 0.3) is 5.91 Å². The highest BCUT2D eigenvalue weighted by Crippen LogP contribution is 2.33. The van der Waals surface area contributed by atoms with Crippen molar-refractivity contribution in [2.45, 2.75) is 18.6 Å². The quantitative estimate of drug-likeness (QED) is 0.924. The lowest BCUT2D eigenvalue weighted by Gasteiger charge is -2.24. The smallest absolute Gasteiger partial charge is 0.274 e. The van der Waals surface area contributed by atoms with Crippen molar-refractivity contribution in [1.29, 1.82) is 0 Å². The summed E-state index contributed by atoms with van der Waals surface area (Å²) < 4.78 is 31.5. The van der Waals surface area contributed by atoms with Crippen molar-refractivity contribution in [2.24, 2.45) is 0 Å². The van der Waals surface area contributed by atoms with Gasteiger partial charge < -0.3 is 14.7 Å². The normalized spacial score (nSPS) is 20.2. The second-order valence-electron chi connectivity index (χ2n) is 5.50. The lowest BCUT2D eigenvalue weighted by atomic mass is 10.0. The number of carbonyl (C=O) groups is 1. The molecule has 2 atom stereocenters. The summed E-state index contributed by atoms with van der Waals surface area (Å²) >= 11 is 0. The van der Waals surface area contributed by atoms with Gasteiger partial charge in [0.05, 0.1) is 19.3 Å². The lowest BCUT2D eigenvalue weighted by Crippen LogP contribution is -2.32. The summed E-state index contributed by atoms with van der Waals surface area (Å²) in [6.07, 6.45) is -0.515. The molecule has 0 unspecified atom stereocenters. The van der Waals surface area contributed by atoms with E-state index in [1.165, 1.54) is 30.2 Å². The maximum Gasteiger partial charge on any atom is 0.274 e. The fourth-order valence-corrected chi connectivity index (χ4v) is 2.76. The third kappa shape index (κ3) is 3.05. The number of β-amino-alcohol motifs (C(OH)–C–C–N with tert-alkyl or cyclic N) is 1. The van der Waals surface area contributed by atoms with Gasteiger partial charge in [0.2, 0.25) is 5.88 Å². The number of benzene rings is 1. The Morgan fingerprint density at radius 1 is 1.25 bits per heavy atom. The van der Waals surface area contributed by atoms with Crippen LogP contribution in [0.15, 0.2) is 30.3 Å². The third-order valence-electron chi connectivity index (χ3n) is 3.94. The summed E-state index contributed by atoms with van der Waals surface area (Å²) in [5.74, 6) is -2.14. The van der Waals surface area contributed by atoms with Gasteiger partial charge >= 0.3 is 0 Å². The van der Waals surface area contributed by atoms with E-state index in [0.717, 1.165) is 12.1 Å². The van der Waals surface area contributed by atoms with Gasteiger partial charge in [-0.15, -0.1) is 10.2 Å². The van der Waals surface area contributed by atoms with Gasteiger partial charge in [0.1, 0.15) is 0 Å². The van der Waals surface area contributed by atoms with Gasteiger partial charge in [-0.1, -0.05) is 6.07 Å². The average Bonchev–Trinajstić information content (AvgIpc) is 2.98. The van der Waals surface area contributed by atoms with Crippen molar-refractivity contribution in [3.63, 3.8) is 0 Å². The number of likely N-dealkylation sites (tertiary alicyclic amines) is 1. The number of nitrogens with zero attached hydrogens (tertiary/aromatic N) is 3. The van der Waals surface area contributed by atoms with Crippen LogP contribution in [-0.4, -0.2) is 45.9 Å². The predicted octanol–water partition coefficient (Wildman–Crippen LogP) is 1.71. The number of aliphatic hydroxyl groups is 1. The van der Waals surface area contributed by atoms with Gasteiger partial charge in [-0.05, 0) is 30.2 Å². The first-order valence-corrected chi connectivity index (χ1v) is 7.31. The average molecular weight is 335 g/mol. The van der Waals surface area contributed by atoms with Crippen LogP contribution in [0.5, 0.6) is 5.88 Å². The molecule has 8 heteroatoms. The summed E-state index contributed by atoms with van der Waals surface area (Å²) in [6, 6.07) is 5.84. The van der Waals surface area contributed by atoms with E-state index in [9.17, 15) is 18.7 Å². The summed E-state index contributed by atoms with van der Waals surface area (Å²) in [4.78, 5) is 14.0. The number of carbonyl (C=O) groups excluding carboxylic acids is 1. The third-order valence-corrected chi connectivity index (χ3v) is 3.94. The molecule has 24 heavy (non-hydrogen) atoms. The Hall–Kier alpha value is -2.61. The fraction of sp³-hybridized carbons (Fsp3) is 0.312. The largest absolute Gasteiger partial charge is 0.480 e. The van der Waals surface area contributed by atoms with Gasteiger partial charge in [-0.25, -0.2) is 8.78 Å². The molecule has 1 N–H and O–H groups in total. The molecule has 2 aromatic rings. The first kappa shape index (κ1) is 16.3. The molecule has 0 spiro atoms. The summed E-state index contributed by atoms with van der Waals surface area (Å²) in [5.41, 5.74) is 0.498. The molecule has 0 radical (unpaired) electrons. The summed E-state index contributed by atoms with van der Waals surface area (Å²) in [6.45, 7) is 0.0796.